The van der Waals surface area contributed by atoms with Gasteiger partial charge in [-0.25, -0.2) is 0 Å². The molecule has 0 saturated carbocycles. The topological polar surface area (TPSA) is 58.1 Å². The van der Waals surface area contributed by atoms with E-state index in [4.69, 9.17) is 0 Å². The van der Waals surface area contributed by atoms with E-state index in [2.05, 4.69) is 42.4 Å². The molecule has 0 aliphatic heterocycles. The first-order chi connectivity index (χ1) is 11.5. The Labute approximate surface area is 144 Å². The molecule has 0 spiro atoms. The molecule has 128 valence electrons. The molecule has 2 aromatic rings. The average molecular weight is 326 g/mol. The molecule has 1 amide bonds. The first-order valence-corrected chi connectivity index (χ1v) is 8.52. The monoisotopic (exact) mass is 326 g/mol. The van der Waals surface area contributed by atoms with E-state index in [-0.39, 0.29) is 5.91 Å². The molecular weight excluding hydrogens is 300 g/mol. The van der Waals surface area contributed by atoms with Gasteiger partial charge in [0.1, 0.15) is 0 Å². The zero-order chi connectivity index (χ0) is 17.5. The van der Waals surface area contributed by atoms with Gasteiger partial charge < -0.3 is 10.2 Å². The van der Waals surface area contributed by atoms with Crippen LogP contribution in [0.25, 0.3) is 0 Å². The van der Waals surface area contributed by atoms with Crippen LogP contribution in [0.4, 0.5) is 11.5 Å². The normalized spacial score (nSPS) is 10.5. The molecule has 2 rings (SSSR count). The van der Waals surface area contributed by atoms with Crippen molar-refractivity contribution in [3.8, 4) is 0 Å². The van der Waals surface area contributed by atoms with Gasteiger partial charge in [-0.1, -0.05) is 31.5 Å². The van der Waals surface area contributed by atoms with Crippen LogP contribution in [0.1, 0.15) is 48.3 Å². The lowest BCUT2D eigenvalue weighted by Crippen LogP contribution is -2.33. The summed E-state index contributed by atoms with van der Waals surface area (Å²) in [6.07, 6.45) is 1.87. The predicted octanol–water partition coefficient (Wildman–Crippen LogP) is 4.10. The van der Waals surface area contributed by atoms with Gasteiger partial charge in [0.05, 0.1) is 0 Å². The van der Waals surface area contributed by atoms with Crippen LogP contribution in [-0.4, -0.2) is 34.1 Å². The van der Waals surface area contributed by atoms with Gasteiger partial charge >= 0.3 is 0 Å². The van der Waals surface area contributed by atoms with Crippen molar-refractivity contribution >= 4 is 17.4 Å². The summed E-state index contributed by atoms with van der Waals surface area (Å²) in [6.45, 7) is 9.74. The van der Waals surface area contributed by atoms with Crippen LogP contribution in [0, 0.1) is 13.8 Å². The zero-order valence-electron chi connectivity index (χ0n) is 15.0. The SMILES string of the molecule is CCCN(CCC)C(=O)c1ccc(Nc2ccc(C)cc2C)nn1. The van der Waals surface area contributed by atoms with E-state index in [1.54, 1.807) is 12.1 Å². The third-order valence-corrected chi connectivity index (χ3v) is 3.80. The van der Waals surface area contributed by atoms with Gasteiger partial charge in [0.25, 0.3) is 5.91 Å². The predicted molar refractivity (Wildman–Crippen MR) is 97.7 cm³/mol. The minimum absolute atomic E-state index is 0.0516. The average Bonchev–Trinajstić information content (AvgIpc) is 2.57. The number of aromatic nitrogens is 2. The highest BCUT2D eigenvalue weighted by atomic mass is 16.2. The van der Waals surface area contributed by atoms with Crippen molar-refractivity contribution in [3.63, 3.8) is 0 Å². The van der Waals surface area contributed by atoms with E-state index in [1.165, 1.54) is 5.56 Å². The van der Waals surface area contributed by atoms with Crippen molar-refractivity contribution in [1.29, 1.82) is 0 Å². The molecule has 1 heterocycles. The van der Waals surface area contributed by atoms with E-state index in [0.717, 1.165) is 37.2 Å². The Kier molecular flexibility index (Phi) is 6.29. The van der Waals surface area contributed by atoms with E-state index in [9.17, 15) is 4.79 Å². The zero-order valence-corrected chi connectivity index (χ0v) is 15.0. The van der Waals surface area contributed by atoms with Gasteiger partial charge in [0.15, 0.2) is 11.5 Å². The third kappa shape index (κ3) is 4.54. The number of nitrogens with zero attached hydrogens (tertiary/aromatic N) is 3. The first kappa shape index (κ1) is 17.9. The van der Waals surface area contributed by atoms with Gasteiger partial charge in [-0.2, -0.15) is 0 Å². The lowest BCUT2D eigenvalue weighted by molar-refractivity contribution is 0.0748. The van der Waals surface area contributed by atoms with Crippen molar-refractivity contribution < 1.29 is 4.79 Å². The number of nitrogens with one attached hydrogen (secondary N) is 1. The standard InChI is InChI=1S/C19H26N4O/c1-5-11-23(12-6-2)19(24)17-9-10-18(22-21-17)20-16-8-7-14(3)13-15(16)4/h7-10,13H,5-6,11-12H2,1-4H3,(H,20,22). The van der Waals surface area contributed by atoms with Gasteiger partial charge in [0, 0.05) is 18.8 Å². The van der Waals surface area contributed by atoms with Gasteiger partial charge in [-0.3, -0.25) is 4.79 Å². The van der Waals surface area contributed by atoms with Crippen LogP contribution in [0.15, 0.2) is 30.3 Å². The Bertz CT molecular complexity index is 676. The lowest BCUT2D eigenvalue weighted by Gasteiger charge is -2.20. The Morgan fingerprint density at radius 1 is 1.04 bits per heavy atom. The van der Waals surface area contributed by atoms with Crippen molar-refractivity contribution in [2.45, 2.75) is 40.5 Å². The molecule has 0 radical (unpaired) electrons. The fourth-order valence-electron chi connectivity index (χ4n) is 2.62. The minimum atomic E-state index is -0.0516. The maximum absolute atomic E-state index is 12.5. The summed E-state index contributed by atoms with van der Waals surface area (Å²) >= 11 is 0. The summed E-state index contributed by atoms with van der Waals surface area (Å²) < 4.78 is 0. The molecule has 0 bridgehead atoms. The second-order valence-electron chi connectivity index (χ2n) is 6.04. The first-order valence-electron chi connectivity index (χ1n) is 8.52. The number of amides is 1. The third-order valence-electron chi connectivity index (χ3n) is 3.80. The molecule has 0 fully saturated rings. The molecule has 1 aromatic carbocycles. The van der Waals surface area contributed by atoms with Crippen molar-refractivity contribution in [3.05, 3.63) is 47.2 Å². The summed E-state index contributed by atoms with van der Waals surface area (Å²) in [5.74, 6) is 0.584. The number of carbonyl (C=O) groups excluding carboxylic acids is 1. The van der Waals surface area contributed by atoms with Gasteiger partial charge in [-0.15, -0.1) is 10.2 Å². The summed E-state index contributed by atoms with van der Waals surface area (Å²) in [6, 6.07) is 9.72. The molecular formula is C19H26N4O. The smallest absolute Gasteiger partial charge is 0.274 e. The number of anilines is 2. The number of benzene rings is 1. The molecule has 5 heteroatoms. The fourth-order valence-corrected chi connectivity index (χ4v) is 2.62. The molecule has 5 nitrogen and oxygen atoms in total. The van der Waals surface area contributed by atoms with Gasteiger partial charge in [-0.05, 0) is 50.5 Å². The number of rotatable bonds is 7. The molecule has 1 N–H and O–H groups in total. The maximum Gasteiger partial charge on any atom is 0.274 e. The number of hydrogen-bond acceptors (Lipinski definition) is 4. The highest BCUT2D eigenvalue weighted by Gasteiger charge is 2.16. The van der Waals surface area contributed by atoms with Crippen LogP contribution in [0.5, 0.6) is 0 Å². The van der Waals surface area contributed by atoms with E-state index >= 15 is 0 Å². The lowest BCUT2D eigenvalue weighted by atomic mass is 10.1. The molecule has 0 unspecified atom stereocenters. The molecule has 1 aromatic heterocycles. The van der Waals surface area contributed by atoms with Crippen molar-refractivity contribution in [2.24, 2.45) is 0 Å². The molecule has 0 saturated heterocycles. The Morgan fingerprint density at radius 2 is 1.75 bits per heavy atom. The van der Waals surface area contributed by atoms with E-state index in [0.29, 0.717) is 11.5 Å². The Hall–Kier alpha value is -2.43. The summed E-state index contributed by atoms with van der Waals surface area (Å²) in [5, 5.41) is 11.5. The Balaban J connectivity index is 2.10. The van der Waals surface area contributed by atoms with Crippen LogP contribution >= 0.6 is 0 Å². The van der Waals surface area contributed by atoms with Crippen LogP contribution in [0.3, 0.4) is 0 Å². The summed E-state index contributed by atoms with van der Waals surface area (Å²) in [4.78, 5) is 14.3. The van der Waals surface area contributed by atoms with Crippen LogP contribution in [0.2, 0.25) is 0 Å². The van der Waals surface area contributed by atoms with Crippen molar-refractivity contribution in [2.75, 3.05) is 18.4 Å². The molecule has 24 heavy (non-hydrogen) atoms. The quantitative estimate of drug-likeness (QED) is 0.832. The largest absolute Gasteiger partial charge is 0.339 e. The molecule has 0 atom stereocenters. The number of aryl methyl sites for hydroxylation is 2. The van der Waals surface area contributed by atoms with Crippen LogP contribution < -0.4 is 5.32 Å². The van der Waals surface area contributed by atoms with Crippen LogP contribution in [-0.2, 0) is 0 Å². The van der Waals surface area contributed by atoms with E-state index < -0.39 is 0 Å². The second-order valence-corrected chi connectivity index (χ2v) is 6.04. The number of hydrogen-bond donors (Lipinski definition) is 1. The van der Waals surface area contributed by atoms with Crippen molar-refractivity contribution in [1.82, 2.24) is 15.1 Å². The highest BCUT2D eigenvalue weighted by Crippen LogP contribution is 2.20. The summed E-state index contributed by atoms with van der Waals surface area (Å²) in [7, 11) is 0. The molecule has 0 aliphatic rings. The molecule has 0 aliphatic carbocycles. The number of carbonyl (C=O) groups is 1. The van der Waals surface area contributed by atoms with E-state index in [1.807, 2.05) is 24.0 Å². The Morgan fingerprint density at radius 3 is 2.29 bits per heavy atom. The fraction of sp³-hybridized carbons (Fsp3) is 0.421. The summed E-state index contributed by atoms with van der Waals surface area (Å²) in [5.41, 5.74) is 3.75. The highest BCUT2D eigenvalue weighted by molar-refractivity contribution is 5.92. The maximum atomic E-state index is 12.5. The second kappa shape index (κ2) is 8.43. The minimum Gasteiger partial charge on any atom is -0.339 e. The van der Waals surface area contributed by atoms with Gasteiger partial charge in [0.2, 0.25) is 0 Å².